The Morgan fingerprint density at radius 3 is 1.98 bits per heavy atom. The standard InChI is InChI=1S/C44H66O12/c1-23-14-19-44(39(50)56-38-37(54-28(6)48)36(53-27(5)47)35(52-26(4)46)30(55-38)22-51-25(3)45)21-20-42(10)29(34(44)24(23)2)12-13-32-41(9)17-16-33(49)40(7,8)31(41)15-18-43(32,42)11/h12,23-24,30-38,49H,13-22H2,1-11H3/t23-,24+,30-,31+,32-,33+,34+,35-,36+,37-,38+,41+,42-,43-,44+/m1/s1. The van der Waals surface area contributed by atoms with Crippen molar-refractivity contribution < 1.29 is 57.5 Å². The Labute approximate surface area is 332 Å². The van der Waals surface area contributed by atoms with Gasteiger partial charge in [-0.05, 0) is 109 Å². The first kappa shape index (κ1) is 42.6. The number of hydrogen-bond acceptors (Lipinski definition) is 12. The molecule has 0 aromatic carbocycles. The van der Waals surface area contributed by atoms with Crippen LogP contribution in [0.5, 0.6) is 0 Å². The third-order valence-corrected chi connectivity index (χ3v) is 16.5. The summed E-state index contributed by atoms with van der Waals surface area (Å²) in [6.07, 6.45) is 2.81. The van der Waals surface area contributed by atoms with E-state index in [0.29, 0.717) is 30.6 Å². The van der Waals surface area contributed by atoms with Crippen molar-refractivity contribution in [2.75, 3.05) is 6.61 Å². The monoisotopic (exact) mass is 786 g/mol. The maximum Gasteiger partial charge on any atom is 0.315 e. The number of rotatable bonds is 7. The van der Waals surface area contributed by atoms with Crippen LogP contribution in [0.25, 0.3) is 0 Å². The lowest BCUT2D eigenvalue weighted by molar-refractivity contribution is -0.304. The Bertz CT molecular complexity index is 1620. The number of esters is 5. The first-order valence-electron chi connectivity index (χ1n) is 20.9. The summed E-state index contributed by atoms with van der Waals surface area (Å²) >= 11 is 0. The number of allylic oxidation sites excluding steroid dienone is 2. The fourth-order valence-electron chi connectivity index (χ4n) is 13.3. The lowest BCUT2D eigenvalue weighted by Crippen LogP contribution is -2.66. The highest BCUT2D eigenvalue weighted by Gasteiger charge is 2.70. The van der Waals surface area contributed by atoms with E-state index in [2.05, 4.69) is 54.5 Å². The fourth-order valence-corrected chi connectivity index (χ4v) is 13.3. The van der Waals surface area contributed by atoms with Crippen LogP contribution in [0.4, 0.5) is 0 Å². The smallest absolute Gasteiger partial charge is 0.315 e. The first-order valence-corrected chi connectivity index (χ1v) is 20.9. The maximum atomic E-state index is 15.2. The van der Waals surface area contributed by atoms with Crippen LogP contribution in [0.2, 0.25) is 0 Å². The SMILES string of the molecule is CC(=O)OC[C@H]1O[C@@H](OC(=O)[C@]23CC[C@@H](C)[C@H](C)[C@H]2C2=CC[C@@H]4[C@@]5(C)CC[C@H](O)C(C)(C)[C@@H]5CC[C@@]4(C)[C@]2(C)CC3)[C@H](OC(C)=O)[C@@H](OC(C)=O)[C@@H]1OC(C)=O. The summed E-state index contributed by atoms with van der Waals surface area (Å²) < 4.78 is 34.7. The summed E-state index contributed by atoms with van der Waals surface area (Å²) in [5.41, 5.74) is 0.173. The molecule has 1 heterocycles. The summed E-state index contributed by atoms with van der Waals surface area (Å²) in [6.45, 7) is 20.8. The van der Waals surface area contributed by atoms with E-state index in [1.54, 1.807) is 0 Å². The van der Waals surface area contributed by atoms with Crippen LogP contribution in [0.15, 0.2) is 11.6 Å². The van der Waals surface area contributed by atoms with Gasteiger partial charge in [0.05, 0.1) is 11.5 Å². The summed E-state index contributed by atoms with van der Waals surface area (Å²) in [7, 11) is 0. The van der Waals surface area contributed by atoms with Crippen LogP contribution in [0.1, 0.15) is 134 Å². The van der Waals surface area contributed by atoms with Gasteiger partial charge >= 0.3 is 29.8 Å². The van der Waals surface area contributed by atoms with Crippen molar-refractivity contribution in [2.24, 2.45) is 56.7 Å². The topological polar surface area (TPSA) is 161 Å². The Kier molecular flexibility index (Phi) is 11.4. The van der Waals surface area contributed by atoms with E-state index >= 15 is 4.79 Å². The molecule has 56 heavy (non-hydrogen) atoms. The van der Waals surface area contributed by atoms with Crippen molar-refractivity contribution in [3.05, 3.63) is 11.6 Å². The molecule has 0 amide bonds. The lowest BCUT2D eigenvalue weighted by Gasteiger charge is -2.71. The highest BCUT2D eigenvalue weighted by atomic mass is 16.7. The van der Waals surface area contributed by atoms with Gasteiger partial charge in [0.1, 0.15) is 12.7 Å². The van der Waals surface area contributed by atoms with E-state index in [-0.39, 0.29) is 39.6 Å². The minimum atomic E-state index is -1.57. The van der Waals surface area contributed by atoms with Gasteiger partial charge in [-0.15, -0.1) is 0 Å². The predicted octanol–water partition coefficient (Wildman–Crippen LogP) is 6.63. The van der Waals surface area contributed by atoms with Crippen molar-refractivity contribution in [3.8, 4) is 0 Å². The summed E-state index contributed by atoms with van der Waals surface area (Å²) in [4.78, 5) is 64.4. The van der Waals surface area contributed by atoms with Gasteiger partial charge < -0.3 is 33.5 Å². The molecule has 12 heteroatoms. The number of aliphatic hydroxyl groups is 1. The predicted molar refractivity (Wildman–Crippen MR) is 203 cm³/mol. The second-order valence-corrected chi connectivity index (χ2v) is 19.7. The molecule has 0 radical (unpaired) electrons. The molecule has 1 N–H and O–H groups in total. The first-order chi connectivity index (χ1) is 26.0. The molecule has 1 aliphatic heterocycles. The van der Waals surface area contributed by atoms with Crippen molar-refractivity contribution in [3.63, 3.8) is 0 Å². The van der Waals surface area contributed by atoms with Crippen LogP contribution in [-0.4, -0.2) is 78.4 Å². The van der Waals surface area contributed by atoms with E-state index < -0.39 is 72.6 Å². The van der Waals surface area contributed by atoms with E-state index in [0.717, 1.165) is 58.8 Å². The fraction of sp³-hybridized carbons (Fsp3) is 0.841. The second kappa shape index (κ2) is 15.0. The molecule has 6 rings (SSSR count). The number of hydrogen-bond donors (Lipinski definition) is 1. The second-order valence-electron chi connectivity index (χ2n) is 19.7. The molecule has 0 aromatic heterocycles. The van der Waals surface area contributed by atoms with E-state index in [9.17, 15) is 24.3 Å². The van der Waals surface area contributed by atoms with Crippen LogP contribution >= 0.6 is 0 Å². The van der Waals surface area contributed by atoms with Gasteiger partial charge in [0.15, 0.2) is 12.2 Å². The quantitative estimate of drug-likeness (QED) is 0.167. The minimum Gasteiger partial charge on any atom is -0.463 e. The molecule has 6 aliphatic rings. The Morgan fingerprint density at radius 2 is 1.36 bits per heavy atom. The molecule has 0 bridgehead atoms. The van der Waals surface area contributed by atoms with Crippen molar-refractivity contribution in [1.29, 1.82) is 0 Å². The van der Waals surface area contributed by atoms with E-state index in [4.69, 9.17) is 28.4 Å². The third-order valence-electron chi connectivity index (χ3n) is 16.5. The molecular weight excluding hydrogens is 720 g/mol. The normalized spacial score (nSPS) is 45.2. The molecule has 1 saturated heterocycles. The van der Waals surface area contributed by atoms with Crippen LogP contribution in [0.3, 0.4) is 0 Å². The highest BCUT2D eigenvalue weighted by molar-refractivity contribution is 5.79. The molecule has 314 valence electrons. The van der Waals surface area contributed by atoms with Crippen LogP contribution < -0.4 is 0 Å². The van der Waals surface area contributed by atoms with Gasteiger partial charge in [0.2, 0.25) is 12.4 Å². The van der Waals surface area contributed by atoms with Gasteiger partial charge in [0.25, 0.3) is 0 Å². The number of aliphatic hydroxyl groups excluding tert-OH is 1. The molecule has 0 unspecified atom stereocenters. The summed E-state index contributed by atoms with van der Waals surface area (Å²) in [5, 5.41) is 11.1. The van der Waals surface area contributed by atoms with Crippen molar-refractivity contribution in [2.45, 2.75) is 171 Å². The van der Waals surface area contributed by atoms with E-state index in [1.165, 1.54) is 19.4 Å². The molecule has 0 spiro atoms. The zero-order valence-electron chi connectivity index (χ0n) is 35.4. The molecule has 15 atom stereocenters. The average molecular weight is 787 g/mol. The third kappa shape index (κ3) is 6.80. The van der Waals surface area contributed by atoms with Crippen molar-refractivity contribution in [1.82, 2.24) is 0 Å². The number of carbonyl (C=O) groups is 5. The maximum absolute atomic E-state index is 15.2. The Balaban J connectivity index is 1.38. The van der Waals surface area contributed by atoms with Gasteiger partial charge in [-0.1, -0.05) is 60.1 Å². The summed E-state index contributed by atoms with van der Waals surface area (Å²) in [6, 6.07) is 0. The van der Waals surface area contributed by atoms with Gasteiger partial charge in [0, 0.05) is 27.7 Å². The van der Waals surface area contributed by atoms with Gasteiger partial charge in [-0.3, -0.25) is 24.0 Å². The van der Waals surface area contributed by atoms with Gasteiger partial charge in [-0.2, -0.15) is 0 Å². The zero-order valence-corrected chi connectivity index (χ0v) is 35.4. The largest absolute Gasteiger partial charge is 0.463 e. The Hall–Kier alpha value is -2.99. The molecule has 12 nitrogen and oxygen atoms in total. The van der Waals surface area contributed by atoms with Gasteiger partial charge in [-0.25, -0.2) is 0 Å². The van der Waals surface area contributed by atoms with Crippen molar-refractivity contribution >= 4 is 29.8 Å². The highest BCUT2D eigenvalue weighted by Crippen LogP contribution is 2.76. The van der Waals surface area contributed by atoms with E-state index in [1.807, 2.05) is 0 Å². The Morgan fingerprint density at radius 1 is 0.732 bits per heavy atom. The molecule has 5 aliphatic carbocycles. The summed E-state index contributed by atoms with van der Waals surface area (Å²) in [5.74, 6) is -2.09. The lowest BCUT2D eigenvalue weighted by atomic mass is 9.33. The molecule has 0 aromatic rings. The van der Waals surface area contributed by atoms with Crippen LogP contribution in [-0.2, 0) is 52.4 Å². The zero-order chi connectivity index (χ0) is 41.3. The number of carbonyl (C=O) groups excluding carboxylic acids is 5. The minimum absolute atomic E-state index is 0.0169. The molecule has 5 fully saturated rings. The molecule has 4 saturated carbocycles. The average Bonchev–Trinajstić information content (AvgIpc) is 3.09. The van der Waals surface area contributed by atoms with Crippen LogP contribution in [0, 0.1) is 56.7 Å². The molecular formula is C44H66O12. The number of fused-ring (bicyclic) bond motifs is 7. The number of ether oxygens (including phenoxy) is 6.